The molecule has 0 bridgehead atoms. The van der Waals surface area contributed by atoms with Crippen LogP contribution in [-0.4, -0.2) is 31.1 Å². The molecule has 1 aromatic carbocycles. The van der Waals surface area contributed by atoms with Crippen LogP contribution in [0.1, 0.15) is 43.4 Å². The van der Waals surface area contributed by atoms with Gasteiger partial charge in [-0.05, 0) is 36.3 Å². The Bertz CT molecular complexity index is 388. The summed E-state index contributed by atoms with van der Waals surface area (Å²) in [6.07, 6.45) is 5.41. The molecule has 1 N–H and O–H groups in total. The molecule has 0 radical (unpaired) electrons. The summed E-state index contributed by atoms with van der Waals surface area (Å²) in [4.78, 5) is 2.71. The molecule has 1 aromatic rings. The lowest BCUT2D eigenvalue weighted by molar-refractivity contribution is 0.0837. The van der Waals surface area contributed by atoms with E-state index in [-0.39, 0.29) is 0 Å². The molecule has 0 amide bonds. The van der Waals surface area contributed by atoms with Crippen LogP contribution in [0.4, 0.5) is 0 Å². The summed E-state index contributed by atoms with van der Waals surface area (Å²) in [5.41, 5.74) is 3.00. The highest BCUT2D eigenvalue weighted by Gasteiger charge is 2.33. The minimum absolute atomic E-state index is 0.668. The van der Waals surface area contributed by atoms with Crippen LogP contribution in [0.2, 0.25) is 0 Å². The Kier molecular flexibility index (Phi) is 4.19. The smallest absolute Gasteiger partial charge is 0.0377 e. The second-order valence-corrected chi connectivity index (χ2v) is 6.02. The maximum Gasteiger partial charge on any atom is 0.0377 e. The van der Waals surface area contributed by atoms with Gasteiger partial charge in [0.25, 0.3) is 0 Å². The zero-order valence-corrected chi connectivity index (χ0v) is 12.1. The van der Waals surface area contributed by atoms with Gasteiger partial charge in [0.2, 0.25) is 0 Å². The molecular formula is C17H26N2. The van der Waals surface area contributed by atoms with E-state index in [1.54, 1.807) is 5.56 Å². The van der Waals surface area contributed by atoms with Crippen molar-refractivity contribution in [3.05, 3.63) is 35.4 Å². The topological polar surface area (TPSA) is 15.3 Å². The minimum atomic E-state index is 0.668. The molecule has 1 saturated heterocycles. The molecule has 3 rings (SSSR count). The van der Waals surface area contributed by atoms with Crippen molar-refractivity contribution in [2.45, 2.75) is 38.6 Å². The van der Waals surface area contributed by atoms with Gasteiger partial charge in [-0.2, -0.15) is 0 Å². The average Bonchev–Trinajstić information content (AvgIpc) is 2.44. The molecule has 104 valence electrons. The van der Waals surface area contributed by atoms with Gasteiger partial charge in [-0.3, -0.25) is 4.90 Å². The zero-order valence-electron chi connectivity index (χ0n) is 12.1. The van der Waals surface area contributed by atoms with Crippen molar-refractivity contribution in [1.29, 1.82) is 0 Å². The number of hydrogen-bond donors (Lipinski definition) is 1. The fourth-order valence-electron chi connectivity index (χ4n) is 3.45. The highest BCUT2D eigenvalue weighted by atomic mass is 15.2. The van der Waals surface area contributed by atoms with E-state index in [1.165, 1.54) is 37.9 Å². The summed E-state index contributed by atoms with van der Waals surface area (Å²) in [5, 5.41) is 3.47. The summed E-state index contributed by atoms with van der Waals surface area (Å²) in [5.74, 6) is 0.894. The Labute approximate surface area is 117 Å². The van der Waals surface area contributed by atoms with E-state index in [0.29, 0.717) is 6.04 Å². The second kappa shape index (κ2) is 6.06. The fourth-order valence-corrected chi connectivity index (χ4v) is 3.45. The summed E-state index contributed by atoms with van der Waals surface area (Å²) >= 11 is 0. The number of benzene rings is 1. The van der Waals surface area contributed by atoms with Crippen LogP contribution in [0.15, 0.2) is 24.3 Å². The first-order valence-electron chi connectivity index (χ1n) is 7.92. The van der Waals surface area contributed by atoms with Crippen LogP contribution in [0.3, 0.4) is 0 Å². The van der Waals surface area contributed by atoms with Crippen LogP contribution in [0.5, 0.6) is 0 Å². The molecular weight excluding hydrogens is 232 g/mol. The van der Waals surface area contributed by atoms with Crippen LogP contribution in [0, 0.1) is 5.92 Å². The predicted molar refractivity (Wildman–Crippen MR) is 80.3 cm³/mol. The van der Waals surface area contributed by atoms with E-state index in [9.17, 15) is 0 Å². The summed E-state index contributed by atoms with van der Waals surface area (Å²) in [7, 11) is 0. The first-order chi connectivity index (χ1) is 9.38. The van der Waals surface area contributed by atoms with Crippen molar-refractivity contribution >= 4 is 0 Å². The monoisotopic (exact) mass is 258 g/mol. The van der Waals surface area contributed by atoms with Crippen molar-refractivity contribution in [2.75, 3.05) is 26.2 Å². The van der Waals surface area contributed by atoms with Crippen molar-refractivity contribution in [2.24, 2.45) is 5.92 Å². The third-order valence-electron chi connectivity index (χ3n) is 4.87. The summed E-state index contributed by atoms with van der Waals surface area (Å²) in [6, 6.07) is 10.1. The van der Waals surface area contributed by atoms with E-state index in [4.69, 9.17) is 0 Å². The first-order valence-corrected chi connectivity index (χ1v) is 7.92. The van der Waals surface area contributed by atoms with Gasteiger partial charge in [0.15, 0.2) is 0 Å². The zero-order chi connectivity index (χ0) is 13.1. The minimum Gasteiger partial charge on any atom is -0.314 e. The highest BCUT2D eigenvalue weighted by molar-refractivity contribution is 5.26. The molecule has 1 heterocycles. The molecule has 2 heteroatoms. The lowest BCUT2D eigenvalue weighted by Crippen LogP contribution is -2.47. The number of piperazine rings is 1. The van der Waals surface area contributed by atoms with E-state index in [2.05, 4.69) is 41.4 Å². The molecule has 1 saturated carbocycles. The standard InChI is InChI=1S/C17H26N2/c1-2-14-6-8-16(9-7-14)17(15-4-3-5-15)19-12-10-18-11-13-19/h6-9,15,17-18H,2-5,10-13H2,1H3. The molecule has 19 heavy (non-hydrogen) atoms. The Balaban J connectivity index is 1.80. The van der Waals surface area contributed by atoms with Gasteiger partial charge in [0.05, 0.1) is 0 Å². The molecule has 2 fully saturated rings. The average molecular weight is 258 g/mol. The maximum atomic E-state index is 3.47. The Morgan fingerprint density at radius 3 is 2.37 bits per heavy atom. The summed E-state index contributed by atoms with van der Waals surface area (Å²) in [6.45, 7) is 6.94. The number of hydrogen-bond acceptors (Lipinski definition) is 2. The molecule has 2 nitrogen and oxygen atoms in total. The van der Waals surface area contributed by atoms with Crippen LogP contribution in [0.25, 0.3) is 0 Å². The van der Waals surface area contributed by atoms with Crippen LogP contribution >= 0.6 is 0 Å². The molecule has 1 aliphatic carbocycles. The molecule has 0 spiro atoms. The largest absolute Gasteiger partial charge is 0.314 e. The van der Waals surface area contributed by atoms with Gasteiger partial charge in [-0.1, -0.05) is 37.6 Å². The van der Waals surface area contributed by atoms with Crippen LogP contribution < -0.4 is 5.32 Å². The highest BCUT2D eigenvalue weighted by Crippen LogP contribution is 2.41. The SMILES string of the molecule is CCc1ccc(C(C2CCC2)N2CCNCC2)cc1. The Hall–Kier alpha value is -0.860. The first kappa shape index (κ1) is 13.1. The van der Waals surface area contributed by atoms with Crippen molar-refractivity contribution in [3.63, 3.8) is 0 Å². The lowest BCUT2D eigenvalue weighted by atomic mass is 9.76. The molecule has 1 aliphatic heterocycles. The maximum absolute atomic E-state index is 3.47. The van der Waals surface area contributed by atoms with E-state index >= 15 is 0 Å². The van der Waals surface area contributed by atoms with Gasteiger partial charge in [0, 0.05) is 32.2 Å². The van der Waals surface area contributed by atoms with E-state index in [1.807, 2.05) is 0 Å². The van der Waals surface area contributed by atoms with E-state index < -0.39 is 0 Å². The number of nitrogens with one attached hydrogen (secondary N) is 1. The van der Waals surface area contributed by atoms with E-state index in [0.717, 1.165) is 25.4 Å². The quantitative estimate of drug-likeness (QED) is 0.893. The third-order valence-corrected chi connectivity index (χ3v) is 4.87. The van der Waals surface area contributed by atoms with Gasteiger partial charge < -0.3 is 5.32 Å². The molecule has 1 unspecified atom stereocenters. The van der Waals surface area contributed by atoms with Gasteiger partial charge in [-0.25, -0.2) is 0 Å². The van der Waals surface area contributed by atoms with Crippen molar-refractivity contribution in [1.82, 2.24) is 10.2 Å². The van der Waals surface area contributed by atoms with Gasteiger partial charge >= 0.3 is 0 Å². The van der Waals surface area contributed by atoms with Gasteiger partial charge in [-0.15, -0.1) is 0 Å². The predicted octanol–water partition coefficient (Wildman–Crippen LogP) is 3.00. The van der Waals surface area contributed by atoms with Crippen LogP contribution in [-0.2, 0) is 6.42 Å². The lowest BCUT2D eigenvalue weighted by Gasteiger charge is -2.43. The number of rotatable bonds is 4. The van der Waals surface area contributed by atoms with Gasteiger partial charge in [0.1, 0.15) is 0 Å². The molecule has 1 atom stereocenters. The molecule has 2 aliphatic rings. The number of nitrogens with zero attached hydrogens (tertiary/aromatic N) is 1. The van der Waals surface area contributed by atoms with Crippen molar-refractivity contribution < 1.29 is 0 Å². The Morgan fingerprint density at radius 2 is 1.84 bits per heavy atom. The second-order valence-electron chi connectivity index (χ2n) is 6.02. The molecule has 0 aromatic heterocycles. The summed E-state index contributed by atoms with van der Waals surface area (Å²) < 4.78 is 0. The normalized spacial score (nSPS) is 23.0. The van der Waals surface area contributed by atoms with Crippen molar-refractivity contribution in [3.8, 4) is 0 Å². The fraction of sp³-hybridized carbons (Fsp3) is 0.647. The number of aryl methyl sites for hydroxylation is 1. The Morgan fingerprint density at radius 1 is 1.16 bits per heavy atom. The third kappa shape index (κ3) is 2.85.